The summed E-state index contributed by atoms with van der Waals surface area (Å²) in [4.78, 5) is 9.78. The highest BCUT2D eigenvalue weighted by molar-refractivity contribution is 5.36. The number of non-ortho nitro benzene ring substituents is 1. The fraction of sp³-hybridized carbons (Fsp3) is 0.333. The molecule has 0 radical (unpaired) electrons. The molecule has 0 unspecified atom stereocenters. The third-order valence-electron chi connectivity index (χ3n) is 1.99. The van der Waals surface area contributed by atoms with Gasteiger partial charge in [-0.1, -0.05) is 0 Å². The Morgan fingerprint density at radius 1 is 1.60 bits per heavy atom. The molecule has 0 spiro atoms. The molecule has 0 saturated carbocycles. The number of nitrogens with zero attached hydrogens (tertiary/aromatic N) is 1. The van der Waals surface area contributed by atoms with Crippen molar-refractivity contribution >= 4 is 5.69 Å². The zero-order valence-electron chi connectivity index (χ0n) is 7.89. The normalized spacial score (nSPS) is 12.5. The average molecular weight is 214 g/mol. The Bertz CT molecular complexity index is 370. The van der Waals surface area contributed by atoms with E-state index in [0.717, 1.165) is 18.2 Å². The number of aliphatic hydroxyl groups excluding tert-OH is 1. The molecule has 5 nitrogen and oxygen atoms in total. The lowest BCUT2D eigenvalue weighted by Crippen LogP contribution is -2.08. The number of halogens is 1. The smallest absolute Gasteiger partial charge is 0.270 e. The topological polar surface area (TPSA) is 89.4 Å². The summed E-state index contributed by atoms with van der Waals surface area (Å²) in [5.41, 5.74) is 4.86. The molecule has 0 fully saturated rings. The molecule has 82 valence electrons. The van der Waals surface area contributed by atoms with Crippen molar-refractivity contribution in [2.24, 2.45) is 5.73 Å². The van der Waals surface area contributed by atoms with Crippen LogP contribution in [0.4, 0.5) is 10.1 Å². The van der Waals surface area contributed by atoms with Gasteiger partial charge in [0.05, 0.1) is 11.0 Å². The van der Waals surface area contributed by atoms with Crippen molar-refractivity contribution in [2.45, 2.75) is 12.5 Å². The Balaban J connectivity index is 3.04. The van der Waals surface area contributed by atoms with Gasteiger partial charge in [0.25, 0.3) is 5.69 Å². The van der Waals surface area contributed by atoms with Crippen LogP contribution in [-0.4, -0.2) is 16.6 Å². The minimum atomic E-state index is -1.10. The summed E-state index contributed by atoms with van der Waals surface area (Å²) in [6, 6.07) is 3.04. The number of hydrogen-bond acceptors (Lipinski definition) is 4. The third-order valence-corrected chi connectivity index (χ3v) is 1.99. The molecule has 0 saturated heterocycles. The van der Waals surface area contributed by atoms with Gasteiger partial charge in [0, 0.05) is 17.7 Å². The standard InChI is InChI=1S/C9H11FN2O3/c10-8-2-1-6(12(14)15)5-7(8)9(13)3-4-11/h1-2,5,9,13H,3-4,11H2/t9-/m1/s1. The first kappa shape index (κ1) is 11.5. The fourth-order valence-electron chi connectivity index (χ4n) is 1.21. The largest absolute Gasteiger partial charge is 0.388 e. The van der Waals surface area contributed by atoms with Gasteiger partial charge in [-0.15, -0.1) is 0 Å². The van der Waals surface area contributed by atoms with Crippen molar-refractivity contribution in [1.82, 2.24) is 0 Å². The quantitative estimate of drug-likeness (QED) is 0.580. The average Bonchev–Trinajstić information content (AvgIpc) is 2.18. The number of aliphatic hydroxyl groups is 1. The fourth-order valence-corrected chi connectivity index (χ4v) is 1.21. The molecule has 0 aliphatic carbocycles. The van der Waals surface area contributed by atoms with Gasteiger partial charge in [-0.25, -0.2) is 4.39 Å². The van der Waals surface area contributed by atoms with Crippen LogP contribution in [0.3, 0.4) is 0 Å². The maximum atomic E-state index is 13.2. The van der Waals surface area contributed by atoms with Crippen LogP contribution < -0.4 is 5.73 Å². The molecule has 1 rings (SSSR count). The summed E-state index contributed by atoms with van der Waals surface area (Å²) in [6.07, 6.45) is -0.937. The van der Waals surface area contributed by atoms with Crippen molar-refractivity contribution in [3.63, 3.8) is 0 Å². The number of rotatable bonds is 4. The van der Waals surface area contributed by atoms with E-state index in [4.69, 9.17) is 5.73 Å². The summed E-state index contributed by atoms with van der Waals surface area (Å²) in [7, 11) is 0. The van der Waals surface area contributed by atoms with E-state index in [1.54, 1.807) is 0 Å². The molecule has 6 heteroatoms. The SMILES string of the molecule is NCC[C@@H](O)c1cc([N+](=O)[O-])ccc1F. The lowest BCUT2D eigenvalue weighted by Gasteiger charge is -2.09. The summed E-state index contributed by atoms with van der Waals surface area (Å²) in [6.45, 7) is 0.184. The molecular formula is C9H11FN2O3. The van der Waals surface area contributed by atoms with Crippen molar-refractivity contribution in [3.8, 4) is 0 Å². The lowest BCUT2D eigenvalue weighted by molar-refractivity contribution is -0.385. The number of nitro groups is 1. The van der Waals surface area contributed by atoms with Crippen molar-refractivity contribution in [1.29, 1.82) is 0 Å². The Morgan fingerprint density at radius 3 is 2.80 bits per heavy atom. The second kappa shape index (κ2) is 4.81. The van der Waals surface area contributed by atoms with E-state index in [1.807, 2.05) is 0 Å². The molecule has 0 amide bonds. The van der Waals surface area contributed by atoms with E-state index in [-0.39, 0.29) is 24.2 Å². The van der Waals surface area contributed by atoms with E-state index in [1.165, 1.54) is 0 Å². The van der Waals surface area contributed by atoms with Crippen LogP contribution in [0.15, 0.2) is 18.2 Å². The zero-order valence-corrected chi connectivity index (χ0v) is 7.89. The van der Waals surface area contributed by atoms with Crippen LogP contribution in [0.5, 0.6) is 0 Å². The van der Waals surface area contributed by atoms with E-state index in [2.05, 4.69) is 0 Å². The summed E-state index contributed by atoms with van der Waals surface area (Å²) >= 11 is 0. The highest BCUT2D eigenvalue weighted by Gasteiger charge is 2.16. The van der Waals surface area contributed by atoms with E-state index >= 15 is 0 Å². The lowest BCUT2D eigenvalue weighted by atomic mass is 10.1. The first-order valence-corrected chi connectivity index (χ1v) is 4.38. The molecule has 0 heterocycles. The van der Waals surface area contributed by atoms with Crippen LogP contribution in [-0.2, 0) is 0 Å². The van der Waals surface area contributed by atoms with Crippen LogP contribution in [0.2, 0.25) is 0 Å². The molecule has 3 N–H and O–H groups in total. The minimum absolute atomic E-state index is 0.0883. The maximum absolute atomic E-state index is 13.2. The van der Waals surface area contributed by atoms with Crippen molar-refractivity contribution < 1.29 is 14.4 Å². The molecule has 15 heavy (non-hydrogen) atoms. The number of benzene rings is 1. The first-order chi connectivity index (χ1) is 7.06. The van der Waals surface area contributed by atoms with Crippen LogP contribution in [0, 0.1) is 15.9 Å². The Morgan fingerprint density at radius 2 is 2.27 bits per heavy atom. The van der Waals surface area contributed by atoms with Gasteiger partial charge in [-0.05, 0) is 19.0 Å². The van der Waals surface area contributed by atoms with Crippen LogP contribution in [0.25, 0.3) is 0 Å². The van der Waals surface area contributed by atoms with Gasteiger partial charge in [0.15, 0.2) is 0 Å². The van der Waals surface area contributed by atoms with E-state index < -0.39 is 16.8 Å². The molecular weight excluding hydrogens is 203 g/mol. The monoisotopic (exact) mass is 214 g/mol. The molecule has 0 aliphatic rings. The summed E-state index contributed by atoms with van der Waals surface area (Å²) in [5.74, 6) is -0.665. The van der Waals surface area contributed by atoms with Gasteiger partial charge in [-0.3, -0.25) is 10.1 Å². The molecule has 1 aromatic rings. The van der Waals surface area contributed by atoms with Gasteiger partial charge < -0.3 is 10.8 Å². The maximum Gasteiger partial charge on any atom is 0.270 e. The van der Waals surface area contributed by atoms with Crippen LogP contribution in [0.1, 0.15) is 18.1 Å². The number of hydrogen-bond donors (Lipinski definition) is 2. The summed E-state index contributed by atoms with van der Waals surface area (Å²) in [5, 5.41) is 19.9. The Labute approximate surface area is 85.5 Å². The van der Waals surface area contributed by atoms with Gasteiger partial charge in [0.2, 0.25) is 0 Å². The van der Waals surface area contributed by atoms with E-state index in [9.17, 15) is 19.6 Å². The molecule has 0 aliphatic heterocycles. The zero-order chi connectivity index (χ0) is 11.4. The molecule has 1 atom stereocenters. The first-order valence-electron chi connectivity index (χ1n) is 4.38. The Kier molecular flexibility index (Phi) is 3.70. The predicted molar refractivity (Wildman–Crippen MR) is 51.7 cm³/mol. The third kappa shape index (κ3) is 2.71. The van der Waals surface area contributed by atoms with Gasteiger partial charge in [-0.2, -0.15) is 0 Å². The van der Waals surface area contributed by atoms with Gasteiger partial charge in [0.1, 0.15) is 5.82 Å². The number of nitrogens with two attached hydrogens (primary N) is 1. The van der Waals surface area contributed by atoms with Crippen molar-refractivity contribution in [2.75, 3.05) is 6.54 Å². The van der Waals surface area contributed by atoms with Crippen molar-refractivity contribution in [3.05, 3.63) is 39.7 Å². The molecule has 0 aromatic heterocycles. The predicted octanol–water partition coefficient (Wildman–Crippen LogP) is 1.12. The van der Waals surface area contributed by atoms with Gasteiger partial charge >= 0.3 is 0 Å². The highest BCUT2D eigenvalue weighted by atomic mass is 19.1. The minimum Gasteiger partial charge on any atom is -0.388 e. The number of nitro benzene ring substituents is 1. The van der Waals surface area contributed by atoms with Crippen LogP contribution >= 0.6 is 0 Å². The highest BCUT2D eigenvalue weighted by Crippen LogP contribution is 2.24. The molecule has 1 aromatic carbocycles. The summed E-state index contributed by atoms with van der Waals surface area (Å²) < 4.78 is 13.2. The van der Waals surface area contributed by atoms with E-state index in [0.29, 0.717) is 0 Å². The second-order valence-corrected chi connectivity index (χ2v) is 3.06. The second-order valence-electron chi connectivity index (χ2n) is 3.06. The molecule has 0 bridgehead atoms. The Hall–Kier alpha value is -1.53.